The minimum Gasteiger partial charge on any atom is -0.491 e. The summed E-state index contributed by atoms with van der Waals surface area (Å²) < 4.78 is 11.0. The molecule has 17 heavy (non-hydrogen) atoms. The van der Waals surface area contributed by atoms with E-state index in [1.807, 2.05) is 25.1 Å². The van der Waals surface area contributed by atoms with Crippen molar-refractivity contribution in [3.8, 4) is 5.75 Å². The number of aliphatic hydroxyl groups is 1. The van der Waals surface area contributed by atoms with Gasteiger partial charge in [0.2, 0.25) is 0 Å². The van der Waals surface area contributed by atoms with Crippen molar-refractivity contribution in [2.24, 2.45) is 0 Å². The Kier molecular flexibility index (Phi) is 6.67. The Balaban J connectivity index is 2.31. The van der Waals surface area contributed by atoms with E-state index in [0.717, 1.165) is 36.3 Å². The molecule has 1 aromatic rings. The number of benzene rings is 1. The van der Waals surface area contributed by atoms with Gasteiger partial charge >= 0.3 is 0 Å². The average Bonchev–Trinajstić information content (AvgIpc) is 2.35. The topological polar surface area (TPSA) is 38.7 Å². The second kappa shape index (κ2) is 8.09. The molecular weight excluding hydrogens is 216 g/mol. The summed E-state index contributed by atoms with van der Waals surface area (Å²) in [5.41, 5.74) is 1.96. The van der Waals surface area contributed by atoms with Crippen molar-refractivity contribution < 1.29 is 14.6 Å². The maximum atomic E-state index is 9.20. The molecule has 0 heterocycles. The van der Waals surface area contributed by atoms with Gasteiger partial charge in [0.05, 0.1) is 13.2 Å². The predicted octanol–water partition coefficient (Wildman–Crippen LogP) is 2.68. The van der Waals surface area contributed by atoms with Crippen molar-refractivity contribution in [3.63, 3.8) is 0 Å². The lowest BCUT2D eigenvalue weighted by Crippen LogP contribution is -2.08. The maximum Gasteiger partial charge on any atom is 0.124 e. The first-order chi connectivity index (χ1) is 8.27. The molecular formula is C14H22O3. The summed E-state index contributed by atoms with van der Waals surface area (Å²) in [5, 5.41) is 9.20. The van der Waals surface area contributed by atoms with E-state index < -0.39 is 0 Å². The molecule has 0 atom stereocenters. The largest absolute Gasteiger partial charge is 0.491 e. The summed E-state index contributed by atoms with van der Waals surface area (Å²) in [4.78, 5) is 0. The first kappa shape index (κ1) is 14.0. The van der Waals surface area contributed by atoms with Gasteiger partial charge in [-0.3, -0.25) is 0 Å². The second-order valence-corrected chi connectivity index (χ2v) is 4.08. The third-order valence-electron chi connectivity index (χ3n) is 2.51. The van der Waals surface area contributed by atoms with Crippen LogP contribution < -0.4 is 4.74 Å². The number of ether oxygens (including phenoxy) is 2. The molecule has 0 saturated heterocycles. The van der Waals surface area contributed by atoms with Crippen LogP contribution in [0.2, 0.25) is 0 Å². The van der Waals surface area contributed by atoms with Crippen molar-refractivity contribution in [1.82, 2.24) is 0 Å². The molecule has 0 aliphatic carbocycles. The fourth-order valence-corrected chi connectivity index (χ4v) is 1.53. The van der Waals surface area contributed by atoms with E-state index >= 15 is 0 Å². The highest BCUT2D eigenvalue weighted by Gasteiger charge is 2.02. The van der Waals surface area contributed by atoms with E-state index in [2.05, 4.69) is 6.92 Å². The van der Waals surface area contributed by atoms with Gasteiger partial charge < -0.3 is 14.6 Å². The summed E-state index contributed by atoms with van der Waals surface area (Å²) in [7, 11) is 0. The average molecular weight is 238 g/mol. The van der Waals surface area contributed by atoms with Crippen LogP contribution in [0.25, 0.3) is 0 Å². The molecule has 3 nitrogen and oxygen atoms in total. The van der Waals surface area contributed by atoms with Crippen LogP contribution in [-0.4, -0.2) is 24.9 Å². The zero-order chi connectivity index (χ0) is 12.5. The molecule has 0 saturated carbocycles. The monoisotopic (exact) mass is 238 g/mol. The van der Waals surface area contributed by atoms with Crippen LogP contribution >= 0.6 is 0 Å². The van der Waals surface area contributed by atoms with Crippen molar-refractivity contribution in [3.05, 3.63) is 29.3 Å². The Labute approximate surface area is 103 Å². The maximum absolute atomic E-state index is 9.20. The van der Waals surface area contributed by atoms with Gasteiger partial charge in [-0.1, -0.05) is 31.0 Å². The van der Waals surface area contributed by atoms with Gasteiger partial charge in [0.25, 0.3) is 0 Å². The molecule has 0 radical (unpaired) electrons. The first-order valence-corrected chi connectivity index (χ1v) is 6.19. The quantitative estimate of drug-likeness (QED) is 0.708. The molecule has 0 aliphatic rings. The Morgan fingerprint density at radius 2 is 2.00 bits per heavy atom. The van der Waals surface area contributed by atoms with Gasteiger partial charge in [0.15, 0.2) is 0 Å². The molecule has 0 fully saturated rings. The fraction of sp³-hybridized carbons (Fsp3) is 0.571. The Hall–Kier alpha value is -1.06. The van der Waals surface area contributed by atoms with E-state index in [4.69, 9.17) is 9.47 Å². The van der Waals surface area contributed by atoms with Crippen molar-refractivity contribution in [1.29, 1.82) is 0 Å². The van der Waals surface area contributed by atoms with Crippen LogP contribution in [0, 0.1) is 6.92 Å². The normalized spacial score (nSPS) is 10.5. The van der Waals surface area contributed by atoms with Gasteiger partial charge in [-0.05, 0) is 19.4 Å². The predicted molar refractivity (Wildman–Crippen MR) is 68.3 cm³/mol. The lowest BCUT2D eigenvalue weighted by atomic mass is 10.1. The minimum absolute atomic E-state index is 0.00764. The number of aliphatic hydroxyl groups excluding tert-OH is 1. The molecule has 0 unspecified atom stereocenters. The number of aryl methyl sites for hydroxylation is 1. The third kappa shape index (κ3) is 5.20. The minimum atomic E-state index is 0.00764. The molecule has 96 valence electrons. The number of hydrogen-bond donors (Lipinski definition) is 1. The number of unbranched alkanes of at least 4 members (excludes halogenated alkanes) is 1. The van der Waals surface area contributed by atoms with E-state index in [-0.39, 0.29) is 6.61 Å². The SMILES string of the molecule is CCCCOCCOc1ccc(C)cc1CO. The van der Waals surface area contributed by atoms with E-state index in [9.17, 15) is 5.11 Å². The van der Waals surface area contributed by atoms with Crippen LogP contribution in [0.5, 0.6) is 5.75 Å². The zero-order valence-corrected chi connectivity index (χ0v) is 10.7. The zero-order valence-electron chi connectivity index (χ0n) is 10.7. The molecule has 0 aromatic heterocycles. The van der Waals surface area contributed by atoms with Crippen LogP contribution in [0.3, 0.4) is 0 Å². The van der Waals surface area contributed by atoms with Gasteiger partial charge in [-0.15, -0.1) is 0 Å². The van der Waals surface area contributed by atoms with E-state index in [1.165, 1.54) is 0 Å². The summed E-state index contributed by atoms with van der Waals surface area (Å²) in [5.74, 6) is 0.747. The Morgan fingerprint density at radius 1 is 1.18 bits per heavy atom. The first-order valence-electron chi connectivity index (χ1n) is 6.19. The van der Waals surface area contributed by atoms with Crippen molar-refractivity contribution >= 4 is 0 Å². The van der Waals surface area contributed by atoms with Crippen molar-refractivity contribution in [2.45, 2.75) is 33.3 Å². The highest BCUT2D eigenvalue weighted by atomic mass is 16.5. The van der Waals surface area contributed by atoms with Crippen LogP contribution in [0.4, 0.5) is 0 Å². The molecule has 1 rings (SSSR count). The molecule has 0 spiro atoms. The lowest BCUT2D eigenvalue weighted by Gasteiger charge is -2.11. The molecule has 0 aliphatic heterocycles. The molecule has 3 heteroatoms. The fourth-order valence-electron chi connectivity index (χ4n) is 1.53. The summed E-state index contributed by atoms with van der Waals surface area (Å²) >= 11 is 0. The third-order valence-corrected chi connectivity index (χ3v) is 2.51. The standard InChI is InChI=1S/C14H22O3/c1-3-4-7-16-8-9-17-14-6-5-12(2)10-13(14)11-15/h5-6,10,15H,3-4,7-9,11H2,1-2H3. The van der Waals surface area contributed by atoms with Gasteiger partial charge in [-0.2, -0.15) is 0 Å². The molecule has 0 bridgehead atoms. The van der Waals surface area contributed by atoms with Crippen molar-refractivity contribution in [2.75, 3.05) is 19.8 Å². The highest BCUT2D eigenvalue weighted by Crippen LogP contribution is 2.19. The second-order valence-electron chi connectivity index (χ2n) is 4.08. The molecule has 0 amide bonds. The van der Waals surface area contributed by atoms with Gasteiger partial charge in [-0.25, -0.2) is 0 Å². The number of hydrogen-bond acceptors (Lipinski definition) is 3. The summed E-state index contributed by atoms with van der Waals surface area (Å²) in [6, 6.07) is 5.81. The van der Waals surface area contributed by atoms with Crippen LogP contribution in [0.15, 0.2) is 18.2 Å². The van der Waals surface area contributed by atoms with Gasteiger partial charge in [0.1, 0.15) is 12.4 Å². The lowest BCUT2D eigenvalue weighted by molar-refractivity contribution is 0.0971. The smallest absolute Gasteiger partial charge is 0.124 e. The van der Waals surface area contributed by atoms with E-state index in [0.29, 0.717) is 13.2 Å². The molecule has 1 aromatic carbocycles. The Morgan fingerprint density at radius 3 is 2.71 bits per heavy atom. The van der Waals surface area contributed by atoms with Gasteiger partial charge in [0, 0.05) is 12.2 Å². The van der Waals surface area contributed by atoms with Crippen LogP contribution in [-0.2, 0) is 11.3 Å². The highest BCUT2D eigenvalue weighted by molar-refractivity contribution is 5.36. The summed E-state index contributed by atoms with van der Waals surface area (Å²) in [6.45, 7) is 6.06. The Bertz CT molecular complexity index is 323. The summed E-state index contributed by atoms with van der Waals surface area (Å²) in [6.07, 6.45) is 2.24. The number of rotatable bonds is 8. The molecule has 1 N–H and O–H groups in total. The van der Waals surface area contributed by atoms with E-state index in [1.54, 1.807) is 0 Å². The van der Waals surface area contributed by atoms with Crippen LogP contribution in [0.1, 0.15) is 30.9 Å².